The molecule has 2 N–H and O–H groups in total. The molecule has 0 amide bonds. The molecule has 1 atom stereocenters. The summed E-state index contributed by atoms with van der Waals surface area (Å²) in [5.74, 6) is 1.54. The number of ether oxygens (including phenoxy) is 2. The molecule has 27 heavy (non-hydrogen) atoms. The number of aromatic nitrogens is 1. The van der Waals surface area contributed by atoms with Crippen LogP contribution in [0.1, 0.15) is 57.9 Å². The van der Waals surface area contributed by atoms with E-state index in [4.69, 9.17) is 14.5 Å². The van der Waals surface area contributed by atoms with Crippen LogP contribution in [0.25, 0.3) is 0 Å². The van der Waals surface area contributed by atoms with Gasteiger partial charge in [-0.2, -0.15) is 0 Å². The van der Waals surface area contributed by atoms with E-state index in [9.17, 15) is 0 Å². The maximum Gasteiger partial charge on any atom is 0.213 e. The average molecular weight is 488 g/mol. The van der Waals surface area contributed by atoms with E-state index in [0.717, 1.165) is 62.8 Å². The molecule has 1 saturated carbocycles. The van der Waals surface area contributed by atoms with Gasteiger partial charge in [-0.3, -0.25) is 0 Å². The van der Waals surface area contributed by atoms with Crippen molar-refractivity contribution in [3.63, 3.8) is 0 Å². The fourth-order valence-corrected chi connectivity index (χ4v) is 3.55. The summed E-state index contributed by atoms with van der Waals surface area (Å²) >= 11 is 0. The van der Waals surface area contributed by atoms with Crippen molar-refractivity contribution in [2.45, 2.75) is 70.6 Å². The molecule has 152 valence electrons. The third-order valence-electron chi connectivity index (χ3n) is 5.08. The minimum Gasteiger partial charge on any atom is -0.474 e. The van der Waals surface area contributed by atoms with Crippen LogP contribution in [-0.2, 0) is 11.3 Å². The smallest absolute Gasteiger partial charge is 0.213 e. The van der Waals surface area contributed by atoms with Crippen LogP contribution in [-0.4, -0.2) is 42.3 Å². The average Bonchev–Trinajstić information content (AvgIpc) is 3.30. The predicted molar refractivity (Wildman–Crippen MR) is 119 cm³/mol. The summed E-state index contributed by atoms with van der Waals surface area (Å²) < 4.78 is 11.8. The van der Waals surface area contributed by atoms with E-state index >= 15 is 0 Å². The molecule has 1 saturated heterocycles. The molecule has 1 unspecified atom stereocenters. The number of pyridine rings is 1. The number of hydrogen-bond donors (Lipinski definition) is 2. The highest BCUT2D eigenvalue weighted by Gasteiger charge is 2.29. The predicted octanol–water partition coefficient (Wildman–Crippen LogP) is 3.65. The zero-order chi connectivity index (χ0) is 18.2. The fourth-order valence-electron chi connectivity index (χ4n) is 3.55. The Morgan fingerprint density at radius 3 is 2.85 bits per heavy atom. The maximum atomic E-state index is 5.99. The van der Waals surface area contributed by atoms with Gasteiger partial charge in [0, 0.05) is 32.0 Å². The lowest BCUT2D eigenvalue weighted by Gasteiger charge is -2.24. The summed E-state index contributed by atoms with van der Waals surface area (Å²) in [6.45, 7) is 7.28. The van der Waals surface area contributed by atoms with Gasteiger partial charge in [-0.1, -0.05) is 0 Å². The van der Waals surface area contributed by atoms with Crippen LogP contribution in [0.15, 0.2) is 23.3 Å². The highest BCUT2D eigenvalue weighted by atomic mass is 127. The molecule has 1 aliphatic carbocycles. The first kappa shape index (κ1) is 22.2. The number of hydrogen-bond acceptors (Lipinski definition) is 4. The first-order valence-electron chi connectivity index (χ1n) is 9.94. The van der Waals surface area contributed by atoms with Crippen LogP contribution >= 0.6 is 24.0 Å². The molecule has 0 bridgehead atoms. The Morgan fingerprint density at radius 2 is 2.15 bits per heavy atom. The van der Waals surface area contributed by atoms with Crippen LogP contribution in [0.3, 0.4) is 0 Å². The Hall–Kier alpha value is -1.09. The van der Waals surface area contributed by atoms with Crippen molar-refractivity contribution in [3.8, 4) is 5.88 Å². The normalized spacial score (nSPS) is 23.1. The molecule has 2 heterocycles. The maximum absolute atomic E-state index is 5.99. The van der Waals surface area contributed by atoms with E-state index in [1.54, 1.807) is 0 Å². The number of nitrogens with one attached hydrogen (secondary N) is 2. The molecule has 7 heteroatoms. The van der Waals surface area contributed by atoms with Gasteiger partial charge in [0.2, 0.25) is 5.88 Å². The second kappa shape index (κ2) is 11.0. The van der Waals surface area contributed by atoms with Crippen molar-refractivity contribution >= 4 is 29.9 Å². The van der Waals surface area contributed by atoms with Crippen molar-refractivity contribution in [2.24, 2.45) is 4.99 Å². The summed E-state index contributed by atoms with van der Waals surface area (Å²) in [5.41, 5.74) is 1.02. The van der Waals surface area contributed by atoms with Crippen molar-refractivity contribution in [1.29, 1.82) is 0 Å². The van der Waals surface area contributed by atoms with E-state index in [0.29, 0.717) is 12.6 Å². The Bertz CT molecular complexity index is 599. The lowest BCUT2D eigenvalue weighted by molar-refractivity contribution is 0.0243. The van der Waals surface area contributed by atoms with Gasteiger partial charge in [-0.05, 0) is 64.0 Å². The third-order valence-corrected chi connectivity index (χ3v) is 5.08. The molecule has 1 aliphatic heterocycles. The number of rotatable bonds is 7. The quantitative estimate of drug-likeness (QED) is 0.349. The second-order valence-corrected chi connectivity index (χ2v) is 7.48. The molecule has 0 aromatic carbocycles. The van der Waals surface area contributed by atoms with Crippen molar-refractivity contribution in [2.75, 3.05) is 19.7 Å². The monoisotopic (exact) mass is 488 g/mol. The third kappa shape index (κ3) is 7.10. The van der Waals surface area contributed by atoms with Gasteiger partial charge in [0.15, 0.2) is 5.96 Å². The highest BCUT2D eigenvalue weighted by Crippen LogP contribution is 2.24. The highest BCUT2D eigenvalue weighted by molar-refractivity contribution is 14.0. The number of nitrogens with zero attached hydrogens (tertiary/aromatic N) is 2. The Labute approximate surface area is 179 Å². The SMILES string of the molecule is CCNC(=NCc1ccnc(OC2CCCC2)c1)NCC1(C)CCCO1.I. The van der Waals surface area contributed by atoms with Crippen LogP contribution in [0, 0.1) is 0 Å². The molecule has 0 radical (unpaired) electrons. The van der Waals surface area contributed by atoms with Gasteiger partial charge in [0.1, 0.15) is 6.10 Å². The topological polar surface area (TPSA) is 67.8 Å². The molecular formula is C20H33IN4O2. The van der Waals surface area contributed by atoms with E-state index < -0.39 is 0 Å². The van der Waals surface area contributed by atoms with Gasteiger partial charge < -0.3 is 20.1 Å². The molecule has 1 aromatic rings. The van der Waals surface area contributed by atoms with Gasteiger partial charge >= 0.3 is 0 Å². The molecule has 2 fully saturated rings. The van der Waals surface area contributed by atoms with Crippen LogP contribution < -0.4 is 15.4 Å². The standard InChI is InChI=1S/C20H32N4O2.HI/c1-3-21-19(24-15-20(2)10-6-12-25-20)23-14-16-9-11-22-18(13-16)26-17-7-4-5-8-17;/h9,11,13,17H,3-8,10,12,14-15H2,1-2H3,(H2,21,23,24);1H. The zero-order valence-electron chi connectivity index (χ0n) is 16.5. The molecule has 0 spiro atoms. The van der Waals surface area contributed by atoms with E-state index in [-0.39, 0.29) is 29.6 Å². The van der Waals surface area contributed by atoms with Crippen LogP contribution in [0.5, 0.6) is 5.88 Å². The van der Waals surface area contributed by atoms with Gasteiger partial charge in [0.05, 0.1) is 12.1 Å². The van der Waals surface area contributed by atoms with Crippen LogP contribution in [0.2, 0.25) is 0 Å². The number of guanidine groups is 1. The van der Waals surface area contributed by atoms with Crippen molar-refractivity contribution < 1.29 is 9.47 Å². The fraction of sp³-hybridized carbons (Fsp3) is 0.700. The first-order chi connectivity index (χ1) is 12.7. The minimum absolute atomic E-state index is 0. The largest absolute Gasteiger partial charge is 0.474 e. The number of halogens is 1. The van der Waals surface area contributed by atoms with Gasteiger partial charge in [-0.15, -0.1) is 24.0 Å². The summed E-state index contributed by atoms with van der Waals surface area (Å²) in [4.78, 5) is 9.05. The van der Waals surface area contributed by atoms with Gasteiger partial charge in [-0.25, -0.2) is 9.98 Å². The summed E-state index contributed by atoms with van der Waals surface area (Å²) in [6.07, 6.45) is 9.15. The van der Waals surface area contributed by atoms with Crippen molar-refractivity contribution in [3.05, 3.63) is 23.9 Å². The Balaban J connectivity index is 0.00000261. The minimum atomic E-state index is -0.0881. The number of aliphatic imine (C=N–C) groups is 1. The molecule has 3 rings (SSSR count). The molecule has 6 nitrogen and oxygen atoms in total. The van der Waals surface area contributed by atoms with E-state index in [1.807, 2.05) is 18.3 Å². The van der Waals surface area contributed by atoms with Crippen molar-refractivity contribution in [1.82, 2.24) is 15.6 Å². The summed E-state index contributed by atoms with van der Waals surface area (Å²) in [5, 5.41) is 6.72. The molecule has 1 aromatic heterocycles. The van der Waals surface area contributed by atoms with Crippen LogP contribution in [0.4, 0.5) is 0 Å². The van der Waals surface area contributed by atoms with Gasteiger partial charge in [0.25, 0.3) is 0 Å². The van der Waals surface area contributed by atoms with E-state index in [1.165, 1.54) is 12.8 Å². The second-order valence-electron chi connectivity index (χ2n) is 7.48. The Kier molecular flexibility index (Phi) is 9.08. The lowest BCUT2D eigenvalue weighted by atomic mass is 10.0. The summed E-state index contributed by atoms with van der Waals surface area (Å²) in [6, 6.07) is 4.00. The Morgan fingerprint density at radius 1 is 1.33 bits per heavy atom. The molecular weight excluding hydrogens is 455 g/mol. The summed E-state index contributed by atoms with van der Waals surface area (Å²) in [7, 11) is 0. The molecule has 2 aliphatic rings. The first-order valence-corrected chi connectivity index (χ1v) is 9.94. The zero-order valence-corrected chi connectivity index (χ0v) is 18.8. The lowest BCUT2D eigenvalue weighted by Crippen LogP contribution is -2.45. The van der Waals surface area contributed by atoms with E-state index in [2.05, 4.69) is 29.5 Å².